The van der Waals surface area contributed by atoms with Gasteiger partial charge in [0.1, 0.15) is 0 Å². The zero-order chi connectivity index (χ0) is 18.7. The van der Waals surface area contributed by atoms with Crippen LogP contribution in [0.1, 0.15) is 21.5 Å². The van der Waals surface area contributed by atoms with Gasteiger partial charge in [0.15, 0.2) is 0 Å². The summed E-state index contributed by atoms with van der Waals surface area (Å²) in [5.74, 6) is -0.264. The van der Waals surface area contributed by atoms with Gasteiger partial charge >= 0.3 is 0 Å². The maximum absolute atomic E-state index is 12.7. The summed E-state index contributed by atoms with van der Waals surface area (Å²) in [4.78, 5) is 29.4. The van der Waals surface area contributed by atoms with Gasteiger partial charge in [0.05, 0.1) is 13.2 Å². The predicted octanol–water partition coefficient (Wildman–Crippen LogP) is 3.12. The van der Waals surface area contributed by atoms with E-state index in [2.05, 4.69) is 4.98 Å². The predicted molar refractivity (Wildman–Crippen MR) is 103 cm³/mol. The third-order valence-electron chi connectivity index (χ3n) is 4.19. The van der Waals surface area contributed by atoms with Crippen LogP contribution in [0.15, 0.2) is 53.3 Å². The summed E-state index contributed by atoms with van der Waals surface area (Å²) in [5, 5.41) is 10.8. The molecule has 0 saturated carbocycles. The van der Waals surface area contributed by atoms with Gasteiger partial charge in [-0.25, -0.2) is 0 Å². The second-order valence-electron chi connectivity index (χ2n) is 6.17. The minimum absolute atomic E-state index is 0.112. The molecule has 2 aromatic carbocycles. The van der Waals surface area contributed by atoms with Crippen molar-refractivity contribution in [1.82, 2.24) is 9.88 Å². The number of nitrogens with one attached hydrogen (secondary N) is 1. The smallest absolute Gasteiger partial charge is 0.254 e. The summed E-state index contributed by atoms with van der Waals surface area (Å²) in [5.41, 5.74) is 2.52. The van der Waals surface area contributed by atoms with Crippen LogP contribution in [0, 0.1) is 6.92 Å². The molecule has 5 nitrogen and oxygen atoms in total. The maximum Gasteiger partial charge on any atom is 0.254 e. The van der Waals surface area contributed by atoms with Crippen LogP contribution < -0.4 is 5.56 Å². The lowest BCUT2D eigenvalue weighted by molar-refractivity contribution is 0.0707. The van der Waals surface area contributed by atoms with Crippen LogP contribution in [-0.4, -0.2) is 34.0 Å². The number of aliphatic hydroxyl groups excluding tert-OH is 1. The third-order valence-corrected chi connectivity index (χ3v) is 4.44. The van der Waals surface area contributed by atoms with Gasteiger partial charge in [-0.2, -0.15) is 0 Å². The van der Waals surface area contributed by atoms with Crippen LogP contribution in [0.5, 0.6) is 0 Å². The van der Waals surface area contributed by atoms with Gasteiger partial charge in [-0.1, -0.05) is 23.2 Å². The molecule has 1 aromatic heterocycles. The number of aromatic amines is 1. The van der Waals surface area contributed by atoms with Crippen molar-refractivity contribution in [3.63, 3.8) is 0 Å². The number of amides is 1. The minimum atomic E-state index is -0.264. The number of aryl methyl sites for hydroxylation is 1. The third kappa shape index (κ3) is 3.95. The van der Waals surface area contributed by atoms with Crippen LogP contribution in [-0.2, 0) is 6.54 Å². The monoisotopic (exact) mass is 370 g/mol. The highest BCUT2D eigenvalue weighted by atomic mass is 35.5. The molecule has 0 aliphatic rings. The van der Waals surface area contributed by atoms with E-state index in [9.17, 15) is 14.7 Å². The average molecular weight is 371 g/mol. The summed E-state index contributed by atoms with van der Waals surface area (Å²) < 4.78 is 0. The number of rotatable bonds is 5. The number of aliphatic hydroxyl groups is 1. The standard InChI is InChI=1S/C20H19ClN2O3/c1-13-2-7-18-15(10-13)11-16(19(25)22-18)12-23(8-9-24)20(26)14-3-5-17(21)6-4-14/h2-7,10-11,24H,8-9,12H2,1H3,(H,22,25). The lowest BCUT2D eigenvalue weighted by Crippen LogP contribution is -2.35. The van der Waals surface area contributed by atoms with E-state index in [1.165, 1.54) is 4.90 Å². The van der Waals surface area contributed by atoms with Gasteiger partial charge in [0.2, 0.25) is 0 Å². The number of carbonyl (C=O) groups is 1. The Balaban J connectivity index is 1.93. The molecule has 134 valence electrons. The van der Waals surface area contributed by atoms with E-state index in [-0.39, 0.29) is 31.2 Å². The lowest BCUT2D eigenvalue weighted by Gasteiger charge is -2.22. The summed E-state index contributed by atoms with van der Waals surface area (Å²) in [6, 6.07) is 14.1. The molecule has 3 rings (SSSR count). The normalized spacial score (nSPS) is 10.9. The first-order valence-electron chi connectivity index (χ1n) is 8.26. The van der Waals surface area contributed by atoms with Crippen molar-refractivity contribution in [3.05, 3.63) is 80.6 Å². The fourth-order valence-corrected chi connectivity index (χ4v) is 2.97. The first-order valence-corrected chi connectivity index (χ1v) is 8.64. The molecule has 6 heteroatoms. The van der Waals surface area contributed by atoms with Gasteiger partial charge in [-0.3, -0.25) is 9.59 Å². The van der Waals surface area contributed by atoms with Crippen LogP contribution in [0.4, 0.5) is 0 Å². The average Bonchev–Trinajstić information content (AvgIpc) is 2.62. The maximum atomic E-state index is 12.7. The van der Waals surface area contributed by atoms with Crippen LogP contribution in [0.2, 0.25) is 5.02 Å². The Labute approximate surface area is 155 Å². The van der Waals surface area contributed by atoms with E-state index >= 15 is 0 Å². The Hall–Kier alpha value is -2.63. The number of nitrogens with zero attached hydrogens (tertiary/aromatic N) is 1. The Morgan fingerprint density at radius 2 is 1.88 bits per heavy atom. The number of carbonyl (C=O) groups excluding carboxylic acids is 1. The highest BCUT2D eigenvalue weighted by molar-refractivity contribution is 6.30. The fraction of sp³-hybridized carbons (Fsp3) is 0.200. The number of halogens is 1. The molecule has 0 bridgehead atoms. The Bertz CT molecular complexity index is 996. The summed E-state index contributed by atoms with van der Waals surface area (Å²) >= 11 is 5.87. The first kappa shape index (κ1) is 18.2. The molecule has 1 amide bonds. The van der Waals surface area contributed by atoms with Gasteiger partial charge < -0.3 is 15.0 Å². The minimum Gasteiger partial charge on any atom is -0.395 e. The Morgan fingerprint density at radius 1 is 1.15 bits per heavy atom. The summed E-state index contributed by atoms with van der Waals surface area (Å²) in [7, 11) is 0. The Kier molecular flexibility index (Phi) is 5.40. The lowest BCUT2D eigenvalue weighted by atomic mass is 10.1. The van der Waals surface area contributed by atoms with Gasteiger partial charge in [0.25, 0.3) is 11.5 Å². The fourth-order valence-electron chi connectivity index (χ4n) is 2.84. The molecule has 0 atom stereocenters. The molecule has 0 fully saturated rings. The van der Waals surface area contributed by atoms with E-state index < -0.39 is 0 Å². The van der Waals surface area contributed by atoms with E-state index in [1.54, 1.807) is 30.3 Å². The van der Waals surface area contributed by atoms with E-state index in [0.29, 0.717) is 16.1 Å². The van der Waals surface area contributed by atoms with Crippen LogP contribution in [0.25, 0.3) is 10.9 Å². The molecule has 0 saturated heterocycles. The number of hydrogen-bond acceptors (Lipinski definition) is 3. The van der Waals surface area contributed by atoms with Crippen molar-refractivity contribution < 1.29 is 9.90 Å². The van der Waals surface area contributed by atoms with E-state index in [0.717, 1.165) is 16.5 Å². The van der Waals surface area contributed by atoms with Crippen LogP contribution >= 0.6 is 11.6 Å². The molecule has 2 N–H and O–H groups in total. The number of H-pyrrole nitrogens is 1. The number of hydrogen-bond donors (Lipinski definition) is 2. The zero-order valence-electron chi connectivity index (χ0n) is 14.3. The quantitative estimate of drug-likeness (QED) is 0.724. The molecule has 26 heavy (non-hydrogen) atoms. The molecular formula is C20H19ClN2O3. The van der Waals surface area contributed by atoms with Gasteiger partial charge in [-0.15, -0.1) is 0 Å². The van der Waals surface area contributed by atoms with Gasteiger partial charge in [-0.05, 0) is 54.8 Å². The van der Waals surface area contributed by atoms with Crippen molar-refractivity contribution in [2.45, 2.75) is 13.5 Å². The molecular weight excluding hydrogens is 352 g/mol. The van der Waals surface area contributed by atoms with Crippen molar-refractivity contribution in [2.75, 3.05) is 13.2 Å². The van der Waals surface area contributed by atoms with E-state index in [1.807, 2.05) is 25.1 Å². The van der Waals surface area contributed by atoms with Crippen molar-refractivity contribution in [3.8, 4) is 0 Å². The summed E-state index contributed by atoms with van der Waals surface area (Å²) in [6.07, 6.45) is 0. The van der Waals surface area contributed by atoms with Crippen molar-refractivity contribution in [1.29, 1.82) is 0 Å². The van der Waals surface area contributed by atoms with E-state index in [4.69, 9.17) is 11.6 Å². The number of pyridine rings is 1. The van der Waals surface area contributed by atoms with Crippen LogP contribution in [0.3, 0.4) is 0 Å². The second kappa shape index (κ2) is 7.72. The molecule has 0 radical (unpaired) electrons. The first-order chi connectivity index (χ1) is 12.5. The number of aromatic nitrogens is 1. The molecule has 0 aliphatic carbocycles. The molecule has 0 spiro atoms. The molecule has 0 unspecified atom stereocenters. The largest absolute Gasteiger partial charge is 0.395 e. The van der Waals surface area contributed by atoms with Gasteiger partial charge in [0, 0.05) is 28.2 Å². The zero-order valence-corrected chi connectivity index (χ0v) is 15.1. The SMILES string of the molecule is Cc1ccc2[nH]c(=O)c(CN(CCO)C(=O)c3ccc(Cl)cc3)cc2c1. The molecule has 1 heterocycles. The molecule has 0 aliphatic heterocycles. The number of benzene rings is 2. The topological polar surface area (TPSA) is 73.4 Å². The molecule has 3 aromatic rings. The highest BCUT2D eigenvalue weighted by Gasteiger charge is 2.17. The van der Waals surface area contributed by atoms with Crippen molar-refractivity contribution >= 4 is 28.4 Å². The summed E-state index contributed by atoms with van der Waals surface area (Å²) in [6.45, 7) is 2.03. The Morgan fingerprint density at radius 3 is 2.58 bits per heavy atom. The van der Waals surface area contributed by atoms with Crippen molar-refractivity contribution in [2.24, 2.45) is 0 Å². The number of fused-ring (bicyclic) bond motifs is 1. The second-order valence-corrected chi connectivity index (χ2v) is 6.61. The highest BCUT2D eigenvalue weighted by Crippen LogP contribution is 2.16.